The van der Waals surface area contributed by atoms with Crippen molar-refractivity contribution in [2.45, 2.75) is 10.8 Å². The molecule has 2 unspecified atom stereocenters. The average Bonchev–Trinajstić information content (AvgIpc) is 2.33. The molecule has 2 N–H and O–H groups in total. The van der Waals surface area contributed by atoms with Crippen molar-refractivity contribution in [2.75, 3.05) is 26.4 Å². The molecule has 5 heteroatoms. The van der Waals surface area contributed by atoms with E-state index in [1.165, 1.54) is 5.56 Å². The van der Waals surface area contributed by atoms with Gasteiger partial charge in [0, 0.05) is 19.5 Å². The molecule has 92 valence electrons. The van der Waals surface area contributed by atoms with Crippen LogP contribution in [0.15, 0.2) is 34.2 Å². The summed E-state index contributed by atoms with van der Waals surface area (Å²) in [6, 6.07) is 7.92. The minimum atomic E-state index is -0.913. The average molecular weight is 251 g/mol. The Balaban J connectivity index is 2.13. The molecule has 1 heterocycles. The lowest BCUT2D eigenvalue weighted by Crippen LogP contribution is -2.41. The second-order valence-electron chi connectivity index (χ2n) is 4.30. The molecule has 1 aliphatic rings. The van der Waals surface area contributed by atoms with Gasteiger partial charge in [-0.15, -0.1) is 0 Å². The topological polar surface area (TPSA) is 64.7 Å². The van der Waals surface area contributed by atoms with Crippen LogP contribution in [0.25, 0.3) is 0 Å². The highest BCUT2D eigenvalue weighted by molar-refractivity contribution is 7.90. The molecular formula is C12H17N3OS. The SMILES string of the molecule is CN1CC(c2ccc([S+](C)[O-])cc2)CN=C1N. The van der Waals surface area contributed by atoms with Crippen LogP contribution in [0.3, 0.4) is 0 Å². The number of nitrogens with zero attached hydrogens (tertiary/aromatic N) is 2. The van der Waals surface area contributed by atoms with Crippen LogP contribution in [0.1, 0.15) is 11.5 Å². The van der Waals surface area contributed by atoms with Gasteiger partial charge in [0.25, 0.3) is 0 Å². The lowest BCUT2D eigenvalue weighted by molar-refractivity contribution is 0.422. The van der Waals surface area contributed by atoms with Gasteiger partial charge in [-0.05, 0) is 28.9 Å². The molecule has 0 aliphatic carbocycles. The Labute approximate surface area is 105 Å². The second-order valence-corrected chi connectivity index (χ2v) is 5.68. The van der Waals surface area contributed by atoms with Gasteiger partial charge in [-0.2, -0.15) is 0 Å². The Morgan fingerprint density at radius 1 is 1.41 bits per heavy atom. The molecule has 2 atom stereocenters. The highest BCUT2D eigenvalue weighted by Crippen LogP contribution is 2.21. The Kier molecular flexibility index (Phi) is 3.59. The standard InChI is InChI=1S/C12H17N3OS/c1-15-8-10(7-14-12(15)13)9-3-5-11(6-4-9)17(2)16/h3-6,10H,7-8H2,1-2H3,(H2,13,14). The maximum absolute atomic E-state index is 11.3. The van der Waals surface area contributed by atoms with Crippen LogP contribution in [-0.2, 0) is 11.2 Å². The van der Waals surface area contributed by atoms with Gasteiger partial charge in [0.1, 0.15) is 6.26 Å². The van der Waals surface area contributed by atoms with E-state index in [2.05, 4.69) is 4.99 Å². The summed E-state index contributed by atoms with van der Waals surface area (Å²) in [5.74, 6) is 0.971. The third-order valence-corrected chi connectivity index (χ3v) is 3.98. The quantitative estimate of drug-likeness (QED) is 0.790. The molecule has 0 fully saturated rings. The summed E-state index contributed by atoms with van der Waals surface area (Å²) in [5.41, 5.74) is 6.94. The predicted molar refractivity (Wildman–Crippen MR) is 70.6 cm³/mol. The van der Waals surface area contributed by atoms with Crippen LogP contribution in [0.2, 0.25) is 0 Å². The normalized spacial score (nSPS) is 22.2. The summed E-state index contributed by atoms with van der Waals surface area (Å²) < 4.78 is 11.3. The molecule has 2 rings (SSSR count). The number of aliphatic imine (C=N–C) groups is 1. The van der Waals surface area contributed by atoms with Crippen molar-refractivity contribution in [3.63, 3.8) is 0 Å². The molecule has 17 heavy (non-hydrogen) atoms. The molecule has 0 radical (unpaired) electrons. The first-order chi connectivity index (χ1) is 8.08. The molecule has 1 aromatic rings. The van der Waals surface area contributed by atoms with E-state index in [0.29, 0.717) is 11.9 Å². The highest BCUT2D eigenvalue weighted by Gasteiger charge is 2.20. The van der Waals surface area contributed by atoms with Crippen LogP contribution < -0.4 is 5.73 Å². The Hall–Kier alpha value is -1.20. The van der Waals surface area contributed by atoms with Crippen molar-refractivity contribution in [1.82, 2.24) is 4.90 Å². The zero-order valence-electron chi connectivity index (χ0n) is 10.1. The summed E-state index contributed by atoms with van der Waals surface area (Å²) in [5, 5.41) is 0. The van der Waals surface area contributed by atoms with Gasteiger partial charge in [0.15, 0.2) is 10.9 Å². The summed E-state index contributed by atoms with van der Waals surface area (Å²) >= 11 is -0.913. The van der Waals surface area contributed by atoms with Gasteiger partial charge in [-0.3, -0.25) is 4.99 Å². The van der Waals surface area contributed by atoms with E-state index in [0.717, 1.165) is 18.0 Å². The van der Waals surface area contributed by atoms with Crippen LogP contribution >= 0.6 is 0 Å². The van der Waals surface area contributed by atoms with Crippen LogP contribution in [0.4, 0.5) is 0 Å². The number of rotatable bonds is 2. The van der Waals surface area contributed by atoms with E-state index in [1.54, 1.807) is 6.26 Å². The van der Waals surface area contributed by atoms with Gasteiger partial charge < -0.3 is 15.2 Å². The van der Waals surface area contributed by atoms with E-state index < -0.39 is 11.2 Å². The number of hydrogen-bond donors (Lipinski definition) is 1. The zero-order chi connectivity index (χ0) is 12.4. The summed E-state index contributed by atoms with van der Waals surface area (Å²) in [7, 11) is 1.94. The Morgan fingerprint density at radius 3 is 2.59 bits per heavy atom. The Morgan fingerprint density at radius 2 is 2.06 bits per heavy atom. The van der Waals surface area contributed by atoms with Crippen molar-refractivity contribution in [2.24, 2.45) is 10.7 Å². The third-order valence-electron chi connectivity index (χ3n) is 3.04. The fraction of sp³-hybridized carbons (Fsp3) is 0.417. The molecule has 0 spiro atoms. The summed E-state index contributed by atoms with van der Waals surface area (Å²) in [6.45, 7) is 1.61. The van der Waals surface area contributed by atoms with Crippen molar-refractivity contribution >= 4 is 17.1 Å². The van der Waals surface area contributed by atoms with E-state index >= 15 is 0 Å². The highest BCUT2D eigenvalue weighted by atomic mass is 32.2. The van der Waals surface area contributed by atoms with Crippen molar-refractivity contribution in [1.29, 1.82) is 0 Å². The fourth-order valence-electron chi connectivity index (χ4n) is 1.95. The first-order valence-electron chi connectivity index (χ1n) is 5.52. The molecule has 0 amide bonds. The lowest BCUT2D eigenvalue weighted by atomic mass is 9.98. The largest absolute Gasteiger partial charge is 0.612 e. The monoisotopic (exact) mass is 251 g/mol. The van der Waals surface area contributed by atoms with Gasteiger partial charge >= 0.3 is 0 Å². The molecule has 0 saturated carbocycles. The predicted octanol–water partition coefficient (Wildman–Crippen LogP) is 0.768. The van der Waals surface area contributed by atoms with Crippen molar-refractivity contribution < 1.29 is 4.55 Å². The van der Waals surface area contributed by atoms with E-state index in [-0.39, 0.29) is 0 Å². The number of nitrogens with two attached hydrogens (primary N) is 1. The van der Waals surface area contributed by atoms with E-state index in [4.69, 9.17) is 5.73 Å². The summed E-state index contributed by atoms with van der Waals surface area (Å²) in [6.07, 6.45) is 1.69. The molecule has 4 nitrogen and oxygen atoms in total. The Bertz CT molecular complexity index is 416. The maximum atomic E-state index is 11.3. The number of benzene rings is 1. The number of guanidine groups is 1. The smallest absolute Gasteiger partial charge is 0.191 e. The molecule has 1 aromatic carbocycles. The van der Waals surface area contributed by atoms with E-state index in [1.807, 2.05) is 36.2 Å². The fourth-order valence-corrected chi connectivity index (χ4v) is 2.47. The second kappa shape index (κ2) is 4.98. The first kappa shape index (κ1) is 12.3. The summed E-state index contributed by atoms with van der Waals surface area (Å²) in [4.78, 5) is 7.11. The molecular weight excluding hydrogens is 234 g/mol. The third kappa shape index (κ3) is 2.73. The number of hydrogen-bond acceptors (Lipinski definition) is 4. The zero-order valence-corrected chi connectivity index (χ0v) is 10.9. The van der Waals surface area contributed by atoms with E-state index in [9.17, 15) is 4.55 Å². The van der Waals surface area contributed by atoms with Crippen LogP contribution in [0, 0.1) is 0 Å². The minimum absolute atomic E-state index is 0.367. The number of likely N-dealkylation sites (N-methyl/N-ethyl adjacent to an activating group) is 1. The maximum Gasteiger partial charge on any atom is 0.191 e. The van der Waals surface area contributed by atoms with Gasteiger partial charge in [0.2, 0.25) is 0 Å². The van der Waals surface area contributed by atoms with Gasteiger partial charge in [0.05, 0.1) is 6.54 Å². The van der Waals surface area contributed by atoms with Crippen molar-refractivity contribution in [3.8, 4) is 0 Å². The molecule has 0 aromatic heterocycles. The van der Waals surface area contributed by atoms with Crippen LogP contribution in [0.5, 0.6) is 0 Å². The van der Waals surface area contributed by atoms with Gasteiger partial charge in [-0.1, -0.05) is 12.1 Å². The van der Waals surface area contributed by atoms with Crippen molar-refractivity contribution in [3.05, 3.63) is 29.8 Å². The molecule has 0 bridgehead atoms. The lowest BCUT2D eigenvalue weighted by Gasteiger charge is -2.28. The van der Waals surface area contributed by atoms with Crippen LogP contribution in [-0.4, -0.2) is 41.8 Å². The first-order valence-corrected chi connectivity index (χ1v) is 7.08. The molecule has 1 aliphatic heterocycles. The van der Waals surface area contributed by atoms with Gasteiger partial charge in [-0.25, -0.2) is 0 Å². The molecule has 0 saturated heterocycles. The minimum Gasteiger partial charge on any atom is -0.612 e.